The van der Waals surface area contributed by atoms with Gasteiger partial charge in [0.1, 0.15) is 11.5 Å². The minimum Gasteiger partial charge on any atom is -0.382 e. The highest BCUT2D eigenvalue weighted by Gasteiger charge is 2.19. The number of anilines is 1. The van der Waals surface area contributed by atoms with E-state index in [9.17, 15) is 9.18 Å². The van der Waals surface area contributed by atoms with Crippen LogP contribution in [0.15, 0.2) is 58.1 Å². The number of halogens is 1. The second-order valence-electron chi connectivity index (χ2n) is 8.20. The molecule has 0 amide bonds. The molecule has 176 valence electrons. The summed E-state index contributed by atoms with van der Waals surface area (Å²) in [7, 11) is 0. The highest BCUT2D eigenvalue weighted by atomic mass is 19.1. The summed E-state index contributed by atoms with van der Waals surface area (Å²) < 4.78 is 22.1. The SMILES string of the molecule is CCC(CC)n1cc(-c2cnc(N)c(-c3cc(-c4cccc(C(C)N)c4F)no3)n2)ccc1=O. The van der Waals surface area contributed by atoms with Gasteiger partial charge in [0.2, 0.25) is 0 Å². The molecule has 0 aliphatic rings. The average molecular weight is 463 g/mol. The molecule has 0 aliphatic heterocycles. The van der Waals surface area contributed by atoms with E-state index in [1.54, 1.807) is 54.2 Å². The molecule has 0 radical (unpaired) electrons. The van der Waals surface area contributed by atoms with Gasteiger partial charge in [-0.25, -0.2) is 14.4 Å². The van der Waals surface area contributed by atoms with Gasteiger partial charge in [-0.15, -0.1) is 0 Å². The molecule has 1 aromatic carbocycles. The Bertz CT molecular complexity index is 1370. The molecule has 0 bridgehead atoms. The normalized spacial score (nSPS) is 12.3. The van der Waals surface area contributed by atoms with Crippen molar-refractivity contribution in [1.29, 1.82) is 0 Å². The summed E-state index contributed by atoms with van der Waals surface area (Å²) >= 11 is 0. The molecule has 0 fully saturated rings. The number of nitrogen functional groups attached to an aromatic ring is 1. The first-order valence-electron chi connectivity index (χ1n) is 11.2. The smallest absolute Gasteiger partial charge is 0.250 e. The van der Waals surface area contributed by atoms with Crippen LogP contribution in [-0.4, -0.2) is 19.7 Å². The lowest BCUT2D eigenvalue weighted by Gasteiger charge is -2.17. The lowest BCUT2D eigenvalue weighted by molar-refractivity contribution is 0.433. The van der Waals surface area contributed by atoms with Crippen LogP contribution in [0.25, 0.3) is 34.0 Å². The molecule has 4 rings (SSSR count). The molecule has 0 saturated carbocycles. The van der Waals surface area contributed by atoms with Gasteiger partial charge in [0.05, 0.1) is 11.9 Å². The summed E-state index contributed by atoms with van der Waals surface area (Å²) in [6, 6.07) is 9.37. The van der Waals surface area contributed by atoms with Gasteiger partial charge >= 0.3 is 0 Å². The summed E-state index contributed by atoms with van der Waals surface area (Å²) in [5.74, 6) is -0.0563. The van der Waals surface area contributed by atoms with E-state index in [1.165, 1.54) is 6.07 Å². The van der Waals surface area contributed by atoms with Crippen molar-refractivity contribution in [2.24, 2.45) is 5.73 Å². The van der Waals surface area contributed by atoms with Crippen molar-refractivity contribution in [1.82, 2.24) is 19.7 Å². The van der Waals surface area contributed by atoms with Crippen LogP contribution >= 0.6 is 0 Å². The van der Waals surface area contributed by atoms with Gasteiger partial charge in [-0.3, -0.25) is 4.79 Å². The highest BCUT2D eigenvalue weighted by Crippen LogP contribution is 2.32. The number of aromatic nitrogens is 4. The van der Waals surface area contributed by atoms with Crippen LogP contribution in [0.2, 0.25) is 0 Å². The van der Waals surface area contributed by atoms with Crippen molar-refractivity contribution >= 4 is 5.82 Å². The van der Waals surface area contributed by atoms with Gasteiger partial charge in [0.15, 0.2) is 17.3 Å². The van der Waals surface area contributed by atoms with Gasteiger partial charge in [0.25, 0.3) is 5.56 Å². The van der Waals surface area contributed by atoms with Gasteiger partial charge < -0.3 is 20.6 Å². The molecule has 3 heterocycles. The molecule has 4 aromatic rings. The minimum absolute atomic E-state index is 0.0722. The van der Waals surface area contributed by atoms with Crippen molar-refractivity contribution in [2.75, 3.05) is 5.73 Å². The molecule has 34 heavy (non-hydrogen) atoms. The lowest BCUT2D eigenvalue weighted by Crippen LogP contribution is -2.23. The fourth-order valence-electron chi connectivity index (χ4n) is 3.95. The largest absolute Gasteiger partial charge is 0.382 e. The molecule has 0 spiro atoms. The van der Waals surface area contributed by atoms with Gasteiger partial charge in [-0.1, -0.05) is 31.1 Å². The summed E-state index contributed by atoms with van der Waals surface area (Å²) in [4.78, 5) is 21.3. The van der Waals surface area contributed by atoms with E-state index >= 15 is 0 Å². The Morgan fingerprint density at radius 3 is 2.62 bits per heavy atom. The Labute approximate surface area is 196 Å². The standard InChI is InChI=1S/C25H27FN6O2/c1-4-16(5-2)32-13-15(9-10-22(32)33)20-12-29-25(28)24(30-20)21-11-19(31-34-21)18-8-6-7-17(14(3)27)23(18)26/h6-14,16H,4-5,27H2,1-3H3,(H2,28,29). The van der Waals surface area contributed by atoms with Crippen LogP contribution in [0.1, 0.15) is 51.3 Å². The van der Waals surface area contributed by atoms with Crippen molar-refractivity contribution in [3.05, 3.63) is 70.5 Å². The summed E-state index contributed by atoms with van der Waals surface area (Å²) in [5.41, 5.74) is 14.3. The van der Waals surface area contributed by atoms with Crippen LogP contribution in [0.5, 0.6) is 0 Å². The van der Waals surface area contributed by atoms with Gasteiger partial charge in [-0.05, 0) is 31.9 Å². The molecule has 1 atom stereocenters. The van der Waals surface area contributed by atoms with E-state index in [-0.39, 0.29) is 34.4 Å². The van der Waals surface area contributed by atoms with Gasteiger partial charge in [-0.2, -0.15) is 0 Å². The van der Waals surface area contributed by atoms with E-state index in [2.05, 4.69) is 15.1 Å². The maximum absolute atomic E-state index is 14.9. The maximum Gasteiger partial charge on any atom is 0.250 e. The van der Waals surface area contributed by atoms with Crippen molar-refractivity contribution in [3.8, 4) is 34.0 Å². The molecule has 9 heteroatoms. The summed E-state index contributed by atoms with van der Waals surface area (Å²) in [5, 5.41) is 4.01. The first-order valence-corrected chi connectivity index (χ1v) is 11.2. The lowest BCUT2D eigenvalue weighted by atomic mass is 10.0. The predicted octanol–water partition coefficient (Wildman–Crippen LogP) is 4.73. The third-order valence-electron chi connectivity index (χ3n) is 5.91. The topological polar surface area (TPSA) is 126 Å². The van der Waals surface area contributed by atoms with Gasteiger partial charge in [0, 0.05) is 47.1 Å². The van der Waals surface area contributed by atoms with Crippen LogP contribution in [0.4, 0.5) is 10.2 Å². The maximum atomic E-state index is 14.9. The first kappa shape index (κ1) is 23.3. The van der Waals surface area contributed by atoms with E-state index < -0.39 is 11.9 Å². The Morgan fingerprint density at radius 2 is 1.91 bits per heavy atom. The highest BCUT2D eigenvalue weighted by molar-refractivity contribution is 5.73. The number of hydrogen-bond donors (Lipinski definition) is 2. The summed E-state index contributed by atoms with van der Waals surface area (Å²) in [6.07, 6.45) is 4.99. The third-order valence-corrected chi connectivity index (χ3v) is 5.91. The number of rotatable bonds is 7. The van der Waals surface area contributed by atoms with Crippen LogP contribution in [0.3, 0.4) is 0 Å². The van der Waals surface area contributed by atoms with E-state index in [0.717, 1.165) is 18.4 Å². The number of benzene rings is 1. The Kier molecular flexibility index (Phi) is 6.56. The quantitative estimate of drug-likeness (QED) is 0.407. The van der Waals surface area contributed by atoms with E-state index in [4.69, 9.17) is 16.0 Å². The van der Waals surface area contributed by atoms with E-state index in [0.29, 0.717) is 17.0 Å². The van der Waals surface area contributed by atoms with Crippen LogP contribution < -0.4 is 17.0 Å². The Balaban J connectivity index is 1.74. The number of nitrogens with two attached hydrogens (primary N) is 2. The zero-order valence-corrected chi connectivity index (χ0v) is 19.3. The number of nitrogens with zero attached hydrogens (tertiary/aromatic N) is 4. The molecular weight excluding hydrogens is 435 g/mol. The average Bonchev–Trinajstić information content (AvgIpc) is 3.31. The second kappa shape index (κ2) is 9.56. The van der Waals surface area contributed by atoms with Crippen LogP contribution in [-0.2, 0) is 0 Å². The Hall–Kier alpha value is -3.85. The number of hydrogen-bond acceptors (Lipinski definition) is 7. The van der Waals surface area contributed by atoms with Crippen molar-refractivity contribution in [3.63, 3.8) is 0 Å². The fourth-order valence-corrected chi connectivity index (χ4v) is 3.95. The predicted molar refractivity (Wildman–Crippen MR) is 129 cm³/mol. The third kappa shape index (κ3) is 4.34. The molecule has 3 aromatic heterocycles. The Morgan fingerprint density at radius 1 is 1.15 bits per heavy atom. The zero-order chi connectivity index (χ0) is 24.4. The fraction of sp³-hybridized carbons (Fsp3) is 0.280. The molecule has 0 saturated heterocycles. The minimum atomic E-state index is -0.465. The van der Waals surface area contributed by atoms with Crippen LogP contribution in [0, 0.1) is 5.82 Å². The first-order chi connectivity index (χ1) is 16.3. The molecule has 0 aliphatic carbocycles. The molecule has 1 unspecified atom stereocenters. The molecule has 8 nitrogen and oxygen atoms in total. The molecule has 4 N–H and O–H groups in total. The monoisotopic (exact) mass is 462 g/mol. The zero-order valence-electron chi connectivity index (χ0n) is 19.3. The summed E-state index contributed by atoms with van der Waals surface area (Å²) in [6.45, 7) is 5.80. The van der Waals surface area contributed by atoms with Crippen molar-refractivity contribution < 1.29 is 8.91 Å². The van der Waals surface area contributed by atoms with E-state index in [1.807, 2.05) is 13.8 Å². The number of pyridine rings is 1. The molecular formula is C25H27FN6O2. The second-order valence-corrected chi connectivity index (χ2v) is 8.20. The van der Waals surface area contributed by atoms with Crippen molar-refractivity contribution in [2.45, 2.75) is 45.7 Å².